The van der Waals surface area contributed by atoms with Gasteiger partial charge in [-0.15, -0.1) is 0 Å². The van der Waals surface area contributed by atoms with E-state index in [4.69, 9.17) is 4.74 Å². The number of imide groups is 1. The molecule has 2 fully saturated rings. The molecule has 3 heterocycles. The van der Waals surface area contributed by atoms with Crippen LogP contribution in [-0.4, -0.2) is 35.6 Å². The van der Waals surface area contributed by atoms with E-state index in [1.165, 1.54) is 4.90 Å². The average Bonchev–Trinajstić information content (AvgIpc) is 3.36. The summed E-state index contributed by atoms with van der Waals surface area (Å²) < 4.78 is 6.81. The maximum Gasteiger partial charge on any atom is 0.240 e. The van der Waals surface area contributed by atoms with Crippen molar-refractivity contribution >= 4 is 61.2 Å². The lowest BCUT2D eigenvalue weighted by Crippen LogP contribution is -2.44. The van der Waals surface area contributed by atoms with Crippen molar-refractivity contribution in [3.8, 4) is 5.75 Å². The molecule has 0 aromatic heterocycles. The Balaban J connectivity index is 1.48. The van der Waals surface area contributed by atoms with Crippen molar-refractivity contribution in [1.29, 1.82) is 0 Å². The van der Waals surface area contributed by atoms with E-state index in [-0.39, 0.29) is 17.6 Å². The first-order valence-electron chi connectivity index (χ1n) is 11.5. The number of methoxy groups -OCH3 is 1. The third-order valence-corrected chi connectivity index (χ3v) is 8.40. The molecular formula is C28H20Br2N2O4. The highest BCUT2D eigenvalue weighted by atomic mass is 79.9. The van der Waals surface area contributed by atoms with Crippen molar-refractivity contribution in [2.45, 2.75) is 12.1 Å². The summed E-state index contributed by atoms with van der Waals surface area (Å²) in [4.78, 5) is 45.0. The van der Waals surface area contributed by atoms with Gasteiger partial charge in [0.2, 0.25) is 11.8 Å². The molecule has 0 unspecified atom stereocenters. The standard InChI is InChI=1S/C28H20Br2N2O4/c1-36-21-11-6-16(14-20(21)30)26(33)25-23-22(24-19-5-3-2-4-15(19)12-13-31(24)25)27(34)32(28(23)35)18-9-7-17(29)8-10-18/h2-14,22-25H,1H3/t22-,23+,24+,25+/m0/s1. The summed E-state index contributed by atoms with van der Waals surface area (Å²) in [6, 6.07) is 18.8. The van der Waals surface area contributed by atoms with Crippen LogP contribution in [0.25, 0.3) is 6.08 Å². The highest BCUT2D eigenvalue weighted by Gasteiger charge is 2.64. The van der Waals surface area contributed by atoms with Gasteiger partial charge in [0.25, 0.3) is 0 Å². The molecule has 0 spiro atoms. The second-order valence-electron chi connectivity index (χ2n) is 9.03. The Bertz CT molecular complexity index is 1450. The van der Waals surface area contributed by atoms with Crippen molar-refractivity contribution < 1.29 is 19.1 Å². The molecule has 0 bridgehead atoms. The highest BCUT2D eigenvalue weighted by molar-refractivity contribution is 9.10. The van der Waals surface area contributed by atoms with Gasteiger partial charge in [-0.05, 0) is 75.6 Å². The Labute approximate surface area is 224 Å². The minimum Gasteiger partial charge on any atom is -0.496 e. The summed E-state index contributed by atoms with van der Waals surface area (Å²) >= 11 is 6.87. The molecule has 180 valence electrons. The van der Waals surface area contributed by atoms with Crippen molar-refractivity contribution in [3.05, 3.63) is 98.6 Å². The zero-order valence-corrected chi connectivity index (χ0v) is 22.3. The van der Waals surface area contributed by atoms with Crippen LogP contribution < -0.4 is 9.64 Å². The first kappa shape index (κ1) is 23.2. The lowest BCUT2D eigenvalue weighted by molar-refractivity contribution is -0.123. The van der Waals surface area contributed by atoms with Gasteiger partial charge in [-0.25, -0.2) is 4.90 Å². The summed E-state index contributed by atoms with van der Waals surface area (Å²) in [6.45, 7) is 0. The summed E-state index contributed by atoms with van der Waals surface area (Å²) in [5.74, 6) is -1.72. The number of ketones is 1. The Morgan fingerprint density at radius 3 is 2.36 bits per heavy atom. The molecule has 2 saturated heterocycles. The molecule has 36 heavy (non-hydrogen) atoms. The summed E-state index contributed by atoms with van der Waals surface area (Å²) in [7, 11) is 1.56. The number of fused-ring (bicyclic) bond motifs is 5. The molecule has 3 aromatic carbocycles. The first-order valence-corrected chi connectivity index (χ1v) is 13.0. The van der Waals surface area contributed by atoms with Crippen molar-refractivity contribution in [2.24, 2.45) is 11.8 Å². The monoisotopic (exact) mass is 606 g/mol. The number of hydrogen-bond donors (Lipinski definition) is 0. The van der Waals surface area contributed by atoms with Crippen LogP contribution in [-0.2, 0) is 9.59 Å². The number of benzene rings is 3. The Morgan fingerprint density at radius 2 is 1.64 bits per heavy atom. The number of Topliss-reactive ketones (excluding diaryl/α,β-unsaturated/α-hetero) is 1. The first-order chi connectivity index (χ1) is 17.4. The van der Waals surface area contributed by atoms with Gasteiger partial charge < -0.3 is 9.64 Å². The van der Waals surface area contributed by atoms with Crippen molar-refractivity contribution in [1.82, 2.24) is 4.90 Å². The maximum absolute atomic E-state index is 14.0. The van der Waals surface area contributed by atoms with Gasteiger partial charge in [-0.1, -0.05) is 40.2 Å². The molecule has 0 N–H and O–H groups in total. The lowest BCUT2D eigenvalue weighted by atomic mass is 9.83. The van der Waals surface area contributed by atoms with Gasteiger partial charge in [0, 0.05) is 16.2 Å². The van der Waals surface area contributed by atoms with Gasteiger partial charge >= 0.3 is 0 Å². The Hall–Kier alpha value is -3.23. The number of halogens is 2. The molecule has 3 aliphatic heterocycles. The van der Waals surface area contributed by atoms with Gasteiger partial charge in [0.15, 0.2) is 5.78 Å². The van der Waals surface area contributed by atoms with E-state index < -0.39 is 23.9 Å². The fraction of sp³-hybridized carbons (Fsp3) is 0.179. The molecule has 6 rings (SSSR count). The number of amides is 2. The van der Waals surface area contributed by atoms with Crippen molar-refractivity contribution in [2.75, 3.05) is 12.0 Å². The summed E-state index contributed by atoms with van der Waals surface area (Å²) in [5, 5.41) is 0. The SMILES string of the molecule is COc1ccc(C(=O)[C@H]2[C@@H]3C(=O)N(c4ccc(Br)cc4)C(=O)[C@@H]3[C@H]3c4ccccc4C=CN32)cc1Br. The van der Waals surface area contributed by atoms with Gasteiger partial charge in [-0.2, -0.15) is 0 Å². The van der Waals surface area contributed by atoms with E-state index in [1.807, 2.05) is 41.4 Å². The third kappa shape index (κ3) is 3.38. The number of ether oxygens (including phenoxy) is 1. The number of nitrogens with zero attached hydrogens (tertiary/aromatic N) is 2. The molecule has 0 aliphatic carbocycles. The summed E-state index contributed by atoms with van der Waals surface area (Å²) in [6.07, 6.45) is 3.80. The topological polar surface area (TPSA) is 66.9 Å². The second-order valence-corrected chi connectivity index (χ2v) is 10.8. The Kier molecular flexibility index (Phi) is 5.61. The Morgan fingerprint density at radius 1 is 0.917 bits per heavy atom. The zero-order valence-electron chi connectivity index (χ0n) is 19.1. The van der Waals surface area contributed by atoms with E-state index in [2.05, 4.69) is 31.9 Å². The molecule has 8 heteroatoms. The van der Waals surface area contributed by atoms with Crippen LogP contribution in [0.5, 0.6) is 5.75 Å². The van der Waals surface area contributed by atoms with Crippen molar-refractivity contribution in [3.63, 3.8) is 0 Å². The molecule has 2 amide bonds. The van der Waals surface area contributed by atoms with E-state index in [0.717, 1.165) is 15.6 Å². The van der Waals surface area contributed by atoms with Crippen LogP contribution in [0.4, 0.5) is 5.69 Å². The number of rotatable bonds is 4. The third-order valence-electron chi connectivity index (χ3n) is 7.25. The van der Waals surface area contributed by atoms with E-state index in [0.29, 0.717) is 21.5 Å². The molecule has 4 atom stereocenters. The van der Waals surface area contributed by atoms with Crippen LogP contribution in [0.3, 0.4) is 0 Å². The fourth-order valence-corrected chi connectivity index (χ4v) is 6.50. The van der Waals surface area contributed by atoms with Crippen LogP contribution in [0.15, 0.2) is 81.9 Å². The van der Waals surface area contributed by atoms with Crippen LogP contribution >= 0.6 is 31.9 Å². The smallest absolute Gasteiger partial charge is 0.240 e. The van der Waals surface area contributed by atoms with E-state index >= 15 is 0 Å². The van der Waals surface area contributed by atoms with E-state index in [1.54, 1.807) is 49.6 Å². The predicted molar refractivity (Wildman–Crippen MR) is 142 cm³/mol. The number of carbonyl (C=O) groups excluding carboxylic acids is 3. The van der Waals surface area contributed by atoms with Gasteiger partial charge in [0.1, 0.15) is 11.8 Å². The molecule has 3 aliphatic rings. The lowest BCUT2D eigenvalue weighted by Gasteiger charge is -2.35. The molecule has 3 aromatic rings. The maximum atomic E-state index is 14.0. The highest BCUT2D eigenvalue weighted by Crippen LogP contribution is 2.53. The average molecular weight is 608 g/mol. The number of carbonyl (C=O) groups is 3. The molecule has 6 nitrogen and oxygen atoms in total. The quantitative estimate of drug-likeness (QED) is 0.285. The van der Waals surface area contributed by atoms with Crippen LogP contribution in [0.2, 0.25) is 0 Å². The minimum atomic E-state index is -0.818. The van der Waals surface area contributed by atoms with Crippen LogP contribution in [0, 0.1) is 11.8 Å². The van der Waals surface area contributed by atoms with Crippen LogP contribution in [0.1, 0.15) is 27.5 Å². The molecular weight excluding hydrogens is 588 g/mol. The minimum absolute atomic E-state index is 0.210. The van der Waals surface area contributed by atoms with Gasteiger partial charge in [0.05, 0.1) is 35.1 Å². The largest absolute Gasteiger partial charge is 0.496 e. The predicted octanol–water partition coefficient (Wildman–Crippen LogP) is 5.62. The number of anilines is 1. The second kappa shape index (κ2) is 8.71. The number of hydrogen-bond acceptors (Lipinski definition) is 5. The molecule has 0 saturated carbocycles. The van der Waals surface area contributed by atoms with E-state index in [9.17, 15) is 14.4 Å². The normalized spacial score (nSPS) is 24.0. The van der Waals surface area contributed by atoms with Gasteiger partial charge in [-0.3, -0.25) is 14.4 Å². The summed E-state index contributed by atoms with van der Waals surface area (Å²) in [5.41, 5.74) is 2.88. The molecule has 0 radical (unpaired) electrons. The zero-order chi connectivity index (χ0) is 25.1. The fourth-order valence-electron chi connectivity index (χ4n) is 5.69.